The summed E-state index contributed by atoms with van der Waals surface area (Å²) >= 11 is 0. The van der Waals surface area contributed by atoms with Gasteiger partial charge in [0.25, 0.3) is 0 Å². The zero-order valence-corrected chi connectivity index (χ0v) is 11.1. The van der Waals surface area contributed by atoms with Crippen LogP contribution in [0.5, 0.6) is 0 Å². The van der Waals surface area contributed by atoms with Crippen molar-refractivity contribution in [2.24, 2.45) is 5.73 Å². The normalized spacial score (nSPS) is 26.8. The van der Waals surface area contributed by atoms with Gasteiger partial charge in [-0.1, -0.05) is 29.3 Å². The molecule has 0 bridgehead atoms. The van der Waals surface area contributed by atoms with Crippen molar-refractivity contribution in [2.45, 2.75) is 51.7 Å². The molecule has 2 nitrogen and oxygen atoms in total. The lowest BCUT2D eigenvalue weighted by atomic mass is 9.84. The number of aryl methyl sites for hydroxylation is 2. The minimum Gasteiger partial charge on any atom is -0.373 e. The highest BCUT2D eigenvalue weighted by Gasteiger charge is 2.35. The molecule has 1 aromatic rings. The number of hydrogen-bond acceptors (Lipinski definition) is 2. The second-order valence-corrected chi connectivity index (χ2v) is 5.52. The average molecular weight is 233 g/mol. The molecule has 1 heterocycles. The minimum absolute atomic E-state index is 0.0265. The first-order chi connectivity index (χ1) is 8.01. The lowest BCUT2D eigenvalue weighted by Gasteiger charge is -2.39. The second kappa shape index (κ2) is 4.79. The third-order valence-electron chi connectivity index (χ3n) is 3.76. The SMILES string of the molecule is Cc1cc(C)cc(C(N)C2(C)CCCCO2)c1. The summed E-state index contributed by atoms with van der Waals surface area (Å²) in [5, 5.41) is 0. The summed E-state index contributed by atoms with van der Waals surface area (Å²) in [6, 6.07) is 6.52. The van der Waals surface area contributed by atoms with Crippen LogP contribution in [0.3, 0.4) is 0 Å². The lowest BCUT2D eigenvalue weighted by Crippen LogP contribution is -2.43. The Hall–Kier alpha value is -0.860. The molecular formula is C15H23NO. The van der Waals surface area contributed by atoms with Gasteiger partial charge in [-0.05, 0) is 45.6 Å². The van der Waals surface area contributed by atoms with Gasteiger partial charge in [-0.15, -0.1) is 0 Å². The van der Waals surface area contributed by atoms with E-state index in [-0.39, 0.29) is 11.6 Å². The van der Waals surface area contributed by atoms with Crippen molar-refractivity contribution >= 4 is 0 Å². The summed E-state index contributed by atoms with van der Waals surface area (Å²) in [5.74, 6) is 0. The monoisotopic (exact) mass is 233 g/mol. The van der Waals surface area contributed by atoms with E-state index < -0.39 is 0 Å². The third-order valence-corrected chi connectivity index (χ3v) is 3.76. The van der Waals surface area contributed by atoms with Crippen molar-refractivity contribution in [2.75, 3.05) is 6.61 Å². The summed E-state index contributed by atoms with van der Waals surface area (Å²) in [7, 11) is 0. The molecule has 1 saturated heterocycles. The van der Waals surface area contributed by atoms with Crippen LogP contribution in [0, 0.1) is 13.8 Å². The van der Waals surface area contributed by atoms with E-state index in [0.717, 1.165) is 19.4 Å². The average Bonchev–Trinajstić information content (AvgIpc) is 2.27. The highest BCUT2D eigenvalue weighted by Crippen LogP contribution is 2.35. The van der Waals surface area contributed by atoms with Crippen molar-refractivity contribution in [3.8, 4) is 0 Å². The van der Waals surface area contributed by atoms with Crippen LogP contribution in [0.2, 0.25) is 0 Å². The van der Waals surface area contributed by atoms with Gasteiger partial charge in [-0.3, -0.25) is 0 Å². The molecule has 1 aromatic carbocycles. The van der Waals surface area contributed by atoms with E-state index in [1.165, 1.54) is 23.1 Å². The number of ether oxygens (including phenoxy) is 1. The van der Waals surface area contributed by atoms with Crippen LogP contribution >= 0.6 is 0 Å². The first-order valence-electron chi connectivity index (χ1n) is 6.49. The van der Waals surface area contributed by atoms with Crippen LogP contribution in [0.1, 0.15) is 48.9 Å². The van der Waals surface area contributed by atoms with Gasteiger partial charge in [0.15, 0.2) is 0 Å². The van der Waals surface area contributed by atoms with Crippen LogP contribution in [0.15, 0.2) is 18.2 Å². The Morgan fingerprint density at radius 3 is 2.35 bits per heavy atom. The Labute approximate surface area is 104 Å². The Kier molecular flexibility index (Phi) is 3.55. The molecule has 17 heavy (non-hydrogen) atoms. The van der Waals surface area contributed by atoms with Gasteiger partial charge in [0.2, 0.25) is 0 Å². The smallest absolute Gasteiger partial charge is 0.0846 e. The van der Waals surface area contributed by atoms with E-state index >= 15 is 0 Å². The second-order valence-electron chi connectivity index (χ2n) is 5.52. The molecule has 1 aliphatic heterocycles. The highest BCUT2D eigenvalue weighted by molar-refractivity contribution is 5.32. The van der Waals surface area contributed by atoms with Crippen LogP contribution in [-0.4, -0.2) is 12.2 Å². The van der Waals surface area contributed by atoms with Gasteiger partial charge in [0.1, 0.15) is 0 Å². The molecule has 2 unspecified atom stereocenters. The van der Waals surface area contributed by atoms with Gasteiger partial charge in [-0.25, -0.2) is 0 Å². The Balaban J connectivity index is 2.26. The van der Waals surface area contributed by atoms with Crippen molar-refractivity contribution in [3.63, 3.8) is 0 Å². The van der Waals surface area contributed by atoms with Crippen molar-refractivity contribution in [1.82, 2.24) is 0 Å². The Morgan fingerprint density at radius 2 is 1.82 bits per heavy atom. The molecule has 2 atom stereocenters. The zero-order valence-electron chi connectivity index (χ0n) is 11.1. The molecule has 0 amide bonds. The fourth-order valence-electron chi connectivity index (χ4n) is 2.74. The zero-order chi connectivity index (χ0) is 12.5. The molecule has 2 N–H and O–H groups in total. The first-order valence-corrected chi connectivity index (χ1v) is 6.49. The summed E-state index contributed by atoms with van der Waals surface area (Å²) in [6.07, 6.45) is 3.44. The predicted octanol–water partition coefficient (Wildman–Crippen LogP) is 3.26. The molecule has 0 spiro atoms. The molecule has 0 radical (unpaired) electrons. The van der Waals surface area contributed by atoms with E-state index in [2.05, 4.69) is 39.0 Å². The van der Waals surface area contributed by atoms with E-state index in [1.54, 1.807) is 0 Å². The number of rotatable bonds is 2. The molecule has 0 aliphatic carbocycles. The standard InChI is InChI=1S/C15H23NO/c1-11-8-12(2)10-13(9-11)14(16)15(3)6-4-5-7-17-15/h8-10,14H,4-7,16H2,1-3H3. The van der Waals surface area contributed by atoms with Gasteiger partial charge in [0.05, 0.1) is 11.6 Å². The van der Waals surface area contributed by atoms with Crippen molar-refractivity contribution < 1.29 is 4.74 Å². The molecule has 2 rings (SSSR count). The summed E-state index contributed by atoms with van der Waals surface area (Å²) in [6.45, 7) is 7.23. The molecule has 1 fully saturated rings. The number of nitrogens with two attached hydrogens (primary N) is 1. The molecule has 0 saturated carbocycles. The fraction of sp³-hybridized carbons (Fsp3) is 0.600. The van der Waals surface area contributed by atoms with Gasteiger partial charge < -0.3 is 10.5 Å². The topological polar surface area (TPSA) is 35.2 Å². The van der Waals surface area contributed by atoms with E-state index in [9.17, 15) is 0 Å². The molecule has 2 heteroatoms. The molecule has 1 aliphatic rings. The van der Waals surface area contributed by atoms with Gasteiger partial charge in [0, 0.05) is 6.61 Å². The van der Waals surface area contributed by atoms with Crippen molar-refractivity contribution in [1.29, 1.82) is 0 Å². The predicted molar refractivity (Wildman–Crippen MR) is 71.1 cm³/mol. The van der Waals surface area contributed by atoms with Crippen LogP contribution in [-0.2, 0) is 4.74 Å². The summed E-state index contributed by atoms with van der Waals surface area (Å²) < 4.78 is 5.94. The maximum atomic E-state index is 6.42. The van der Waals surface area contributed by atoms with Crippen LogP contribution < -0.4 is 5.73 Å². The van der Waals surface area contributed by atoms with Crippen LogP contribution in [0.25, 0.3) is 0 Å². The molecular weight excluding hydrogens is 210 g/mol. The highest BCUT2D eigenvalue weighted by atomic mass is 16.5. The first kappa shape index (κ1) is 12.6. The third kappa shape index (κ3) is 2.70. The fourth-order valence-corrected chi connectivity index (χ4v) is 2.74. The van der Waals surface area contributed by atoms with Crippen molar-refractivity contribution in [3.05, 3.63) is 34.9 Å². The lowest BCUT2D eigenvalue weighted by molar-refractivity contribution is -0.0820. The minimum atomic E-state index is -0.196. The molecule has 94 valence electrons. The van der Waals surface area contributed by atoms with E-state index in [4.69, 9.17) is 10.5 Å². The van der Waals surface area contributed by atoms with E-state index in [1.807, 2.05) is 0 Å². The largest absolute Gasteiger partial charge is 0.373 e. The van der Waals surface area contributed by atoms with E-state index in [0.29, 0.717) is 0 Å². The van der Waals surface area contributed by atoms with Crippen LogP contribution in [0.4, 0.5) is 0 Å². The maximum absolute atomic E-state index is 6.42. The number of hydrogen-bond donors (Lipinski definition) is 1. The quantitative estimate of drug-likeness (QED) is 0.851. The number of benzene rings is 1. The Morgan fingerprint density at radius 1 is 1.18 bits per heavy atom. The maximum Gasteiger partial charge on any atom is 0.0846 e. The van der Waals surface area contributed by atoms with Gasteiger partial charge >= 0.3 is 0 Å². The summed E-state index contributed by atoms with van der Waals surface area (Å²) in [5.41, 5.74) is 9.97. The molecule has 0 aromatic heterocycles. The Bertz CT molecular complexity index is 374. The summed E-state index contributed by atoms with van der Waals surface area (Å²) in [4.78, 5) is 0. The van der Waals surface area contributed by atoms with Gasteiger partial charge in [-0.2, -0.15) is 0 Å².